The predicted molar refractivity (Wildman–Crippen MR) is 84.7 cm³/mol. The summed E-state index contributed by atoms with van der Waals surface area (Å²) in [4.78, 5) is 45.8. The van der Waals surface area contributed by atoms with Gasteiger partial charge in [-0.15, -0.1) is 0 Å². The van der Waals surface area contributed by atoms with Crippen molar-refractivity contribution in [3.8, 4) is 0 Å². The molecule has 3 heterocycles. The molecule has 9 heteroatoms. The van der Waals surface area contributed by atoms with Crippen molar-refractivity contribution in [3.63, 3.8) is 0 Å². The Morgan fingerprint density at radius 1 is 1.16 bits per heavy atom. The lowest BCUT2D eigenvalue weighted by Gasteiger charge is -2.15. The first-order valence-electron chi connectivity index (χ1n) is 7.34. The van der Waals surface area contributed by atoms with Gasteiger partial charge in [0.25, 0.3) is 11.6 Å². The molecule has 9 nitrogen and oxygen atoms in total. The topological polar surface area (TPSA) is 115 Å². The van der Waals surface area contributed by atoms with E-state index in [1.54, 1.807) is 18.3 Å². The Labute approximate surface area is 140 Å². The minimum atomic E-state index is -1.07. The number of non-ortho nitro benzene ring substituents is 1. The molecule has 0 saturated carbocycles. The molecule has 2 aliphatic heterocycles. The van der Waals surface area contributed by atoms with E-state index in [4.69, 9.17) is 4.84 Å². The van der Waals surface area contributed by atoms with Crippen LogP contribution in [0.3, 0.4) is 0 Å². The normalized spacial score (nSPS) is 21.8. The second-order valence-electron chi connectivity index (χ2n) is 5.51. The number of nitro groups is 1. The van der Waals surface area contributed by atoms with Gasteiger partial charge >= 0.3 is 0 Å². The van der Waals surface area contributed by atoms with Crippen molar-refractivity contribution in [2.75, 3.05) is 4.90 Å². The number of benzene rings is 1. The first kappa shape index (κ1) is 14.9. The van der Waals surface area contributed by atoms with Crippen LogP contribution in [0.2, 0.25) is 0 Å². The van der Waals surface area contributed by atoms with Crippen molar-refractivity contribution in [1.82, 2.24) is 4.98 Å². The number of nitrogens with zero attached hydrogens (tertiary/aromatic N) is 4. The van der Waals surface area contributed by atoms with Crippen LogP contribution in [0.4, 0.5) is 11.4 Å². The van der Waals surface area contributed by atoms with Gasteiger partial charge < -0.3 is 4.84 Å². The largest absolute Gasteiger partial charge is 0.381 e. The van der Waals surface area contributed by atoms with Crippen molar-refractivity contribution < 1.29 is 19.3 Å². The molecule has 2 aliphatic rings. The number of amides is 2. The van der Waals surface area contributed by atoms with Crippen molar-refractivity contribution in [3.05, 3.63) is 64.5 Å². The van der Waals surface area contributed by atoms with Gasteiger partial charge in [0.15, 0.2) is 0 Å². The molecular formula is C16H10N4O5. The molecule has 0 N–H and O–H groups in total. The summed E-state index contributed by atoms with van der Waals surface area (Å²) >= 11 is 0. The highest BCUT2D eigenvalue weighted by molar-refractivity contribution is 6.32. The van der Waals surface area contributed by atoms with E-state index in [0.717, 1.165) is 4.90 Å². The van der Waals surface area contributed by atoms with Gasteiger partial charge in [-0.3, -0.25) is 24.7 Å². The second-order valence-corrected chi connectivity index (χ2v) is 5.51. The Balaban J connectivity index is 1.71. The molecule has 2 amide bonds. The summed E-state index contributed by atoms with van der Waals surface area (Å²) in [5.74, 6) is -2.02. The van der Waals surface area contributed by atoms with Crippen LogP contribution in [0.15, 0.2) is 53.9 Å². The number of aromatic nitrogens is 1. The molecule has 1 saturated heterocycles. The third-order valence-corrected chi connectivity index (χ3v) is 4.07. The van der Waals surface area contributed by atoms with Crippen LogP contribution in [0.5, 0.6) is 0 Å². The number of fused-ring (bicyclic) bond motifs is 1. The van der Waals surface area contributed by atoms with Gasteiger partial charge in [-0.05, 0) is 18.2 Å². The summed E-state index contributed by atoms with van der Waals surface area (Å²) in [5, 5.41) is 14.8. The van der Waals surface area contributed by atoms with Crippen LogP contribution in [0, 0.1) is 16.0 Å². The summed E-state index contributed by atoms with van der Waals surface area (Å²) in [6, 6.07) is 8.74. The highest BCUT2D eigenvalue weighted by atomic mass is 16.7. The Morgan fingerprint density at radius 3 is 2.72 bits per heavy atom. The fourth-order valence-electron chi connectivity index (χ4n) is 2.93. The zero-order chi connectivity index (χ0) is 17.6. The summed E-state index contributed by atoms with van der Waals surface area (Å²) in [5.41, 5.74) is 0.825. The van der Waals surface area contributed by atoms with Crippen LogP contribution < -0.4 is 4.90 Å². The molecule has 0 bridgehead atoms. The van der Waals surface area contributed by atoms with E-state index < -0.39 is 28.8 Å². The maximum atomic E-state index is 12.8. The number of rotatable bonds is 3. The Bertz CT molecular complexity index is 927. The lowest BCUT2D eigenvalue weighted by molar-refractivity contribution is -0.384. The zero-order valence-corrected chi connectivity index (χ0v) is 12.6. The van der Waals surface area contributed by atoms with E-state index in [9.17, 15) is 19.7 Å². The third-order valence-electron chi connectivity index (χ3n) is 4.07. The molecular weight excluding hydrogens is 328 g/mol. The quantitative estimate of drug-likeness (QED) is 0.473. The predicted octanol–water partition coefficient (Wildman–Crippen LogP) is 1.28. The molecule has 2 atom stereocenters. The smallest absolute Gasteiger partial charge is 0.278 e. The summed E-state index contributed by atoms with van der Waals surface area (Å²) < 4.78 is 0. The van der Waals surface area contributed by atoms with Crippen molar-refractivity contribution in [2.45, 2.75) is 6.10 Å². The number of nitro benzene ring substituents is 1. The number of hydrogen-bond donors (Lipinski definition) is 0. The van der Waals surface area contributed by atoms with Crippen molar-refractivity contribution in [2.24, 2.45) is 11.1 Å². The molecule has 2 aromatic rings. The number of pyridine rings is 1. The molecule has 1 fully saturated rings. The van der Waals surface area contributed by atoms with E-state index in [-0.39, 0.29) is 11.4 Å². The van der Waals surface area contributed by atoms with E-state index in [0.29, 0.717) is 11.3 Å². The van der Waals surface area contributed by atoms with E-state index in [2.05, 4.69) is 10.1 Å². The second kappa shape index (κ2) is 5.48. The van der Waals surface area contributed by atoms with Crippen LogP contribution >= 0.6 is 0 Å². The Kier molecular flexibility index (Phi) is 3.27. The maximum Gasteiger partial charge on any atom is 0.278 e. The molecule has 1 aromatic heterocycles. The summed E-state index contributed by atoms with van der Waals surface area (Å²) in [6.45, 7) is 0. The number of imide groups is 1. The average Bonchev–Trinajstić information content (AvgIpc) is 3.16. The van der Waals surface area contributed by atoms with Gasteiger partial charge in [0.05, 0.1) is 10.6 Å². The number of carbonyl (C=O) groups is 2. The van der Waals surface area contributed by atoms with Gasteiger partial charge in [0, 0.05) is 30.1 Å². The minimum absolute atomic E-state index is 0.132. The van der Waals surface area contributed by atoms with Gasteiger partial charge in [-0.1, -0.05) is 11.2 Å². The first-order valence-corrected chi connectivity index (χ1v) is 7.34. The van der Waals surface area contributed by atoms with Gasteiger partial charge in [0.2, 0.25) is 12.0 Å². The zero-order valence-electron chi connectivity index (χ0n) is 12.6. The van der Waals surface area contributed by atoms with Gasteiger partial charge in [-0.2, -0.15) is 0 Å². The lowest BCUT2D eigenvalue weighted by Crippen LogP contribution is -2.33. The molecule has 0 unspecified atom stereocenters. The fraction of sp³-hybridized carbons (Fsp3) is 0.125. The lowest BCUT2D eigenvalue weighted by atomic mass is 9.95. The molecule has 0 aliphatic carbocycles. The van der Waals surface area contributed by atoms with Crippen LogP contribution in [0.1, 0.15) is 5.56 Å². The molecule has 4 rings (SSSR count). The summed E-state index contributed by atoms with van der Waals surface area (Å²) in [6.07, 6.45) is 2.04. The number of carbonyl (C=O) groups excluding carboxylic acids is 2. The number of hydrogen-bond acceptors (Lipinski definition) is 7. The molecule has 1 aromatic carbocycles. The maximum absolute atomic E-state index is 12.8. The number of oxime groups is 1. The van der Waals surface area contributed by atoms with Crippen LogP contribution in [-0.2, 0) is 14.4 Å². The standard InChI is InChI=1S/C16H10N4O5/c21-15-12-13(9-3-2-6-17-8-9)18-25-14(12)16(22)19(15)10-4-1-5-11(7-10)20(23)24/h1-8,12,14H/t12-,14-/m1/s1. The van der Waals surface area contributed by atoms with E-state index >= 15 is 0 Å². The Hall–Kier alpha value is -3.62. The molecule has 25 heavy (non-hydrogen) atoms. The highest BCUT2D eigenvalue weighted by Gasteiger charge is 2.56. The first-order chi connectivity index (χ1) is 12.1. The van der Waals surface area contributed by atoms with E-state index in [1.807, 2.05) is 0 Å². The monoisotopic (exact) mass is 338 g/mol. The van der Waals surface area contributed by atoms with E-state index in [1.165, 1.54) is 30.5 Å². The van der Waals surface area contributed by atoms with Gasteiger partial charge in [-0.25, -0.2) is 4.90 Å². The van der Waals surface area contributed by atoms with Gasteiger partial charge in [0.1, 0.15) is 11.6 Å². The van der Waals surface area contributed by atoms with Crippen molar-refractivity contribution in [1.29, 1.82) is 0 Å². The molecule has 0 spiro atoms. The van der Waals surface area contributed by atoms with Crippen molar-refractivity contribution >= 4 is 28.9 Å². The third kappa shape index (κ3) is 2.24. The fourth-order valence-corrected chi connectivity index (χ4v) is 2.93. The average molecular weight is 338 g/mol. The molecule has 124 valence electrons. The molecule has 0 radical (unpaired) electrons. The number of anilines is 1. The highest BCUT2D eigenvalue weighted by Crippen LogP contribution is 2.35. The Morgan fingerprint density at radius 2 is 2.00 bits per heavy atom. The minimum Gasteiger partial charge on any atom is -0.381 e. The van der Waals surface area contributed by atoms with Crippen LogP contribution in [0.25, 0.3) is 0 Å². The summed E-state index contributed by atoms with van der Waals surface area (Å²) in [7, 11) is 0. The van der Waals surface area contributed by atoms with Crippen LogP contribution in [-0.4, -0.2) is 33.5 Å². The SMILES string of the molecule is O=C1[C@@H]2C(c3cccnc3)=NO[C@H]2C(=O)N1c1cccc([N+](=O)[O-])c1.